The van der Waals surface area contributed by atoms with E-state index >= 15 is 0 Å². The fourth-order valence-electron chi connectivity index (χ4n) is 1.71. The molecular formula is C13H11F5N2O. The molecule has 8 heteroatoms. The van der Waals surface area contributed by atoms with Gasteiger partial charge in [0.2, 0.25) is 0 Å². The lowest BCUT2D eigenvalue weighted by Crippen LogP contribution is -2.41. The second-order valence-corrected chi connectivity index (χ2v) is 4.53. The molecule has 0 aliphatic heterocycles. The van der Waals surface area contributed by atoms with Crippen LogP contribution in [0.15, 0.2) is 24.3 Å². The molecule has 0 amide bonds. The smallest absolute Gasteiger partial charge is 0.456 e. The Balaban J connectivity index is 2.36. The number of nitrogen functional groups attached to an aromatic ring is 1. The summed E-state index contributed by atoms with van der Waals surface area (Å²) in [5.41, 5.74) is 6.72. The van der Waals surface area contributed by atoms with Gasteiger partial charge < -0.3 is 10.5 Å². The van der Waals surface area contributed by atoms with E-state index in [1.807, 2.05) is 0 Å². The van der Waals surface area contributed by atoms with Crippen LogP contribution in [0.25, 0.3) is 10.9 Å². The fourth-order valence-corrected chi connectivity index (χ4v) is 1.71. The maximum atomic E-state index is 12.9. The number of hydrogen-bond acceptors (Lipinski definition) is 3. The average Bonchev–Trinajstić information content (AvgIpc) is 2.35. The summed E-state index contributed by atoms with van der Waals surface area (Å²) in [4.78, 5) is 4.13. The van der Waals surface area contributed by atoms with Crippen LogP contribution in [-0.2, 0) is 0 Å². The van der Waals surface area contributed by atoms with Crippen molar-refractivity contribution in [3.63, 3.8) is 0 Å². The minimum Gasteiger partial charge on any atom is -0.486 e. The highest BCUT2D eigenvalue weighted by atomic mass is 19.4. The molecule has 0 atom stereocenters. The second kappa shape index (κ2) is 5.01. The third-order valence-electron chi connectivity index (χ3n) is 2.75. The maximum absolute atomic E-state index is 12.9. The summed E-state index contributed by atoms with van der Waals surface area (Å²) in [7, 11) is 0. The lowest BCUT2D eigenvalue weighted by atomic mass is 10.1. The summed E-state index contributed by atoms with van der Waals surface area (Å²) in [6, 6.07) is 5.77. The van der Waals surface area contributed by atoms with Gasteiger partial charge in [-0.2, -0.15) is 22.0 Å². The van der Waals surface area contributed by atoms with Gasteiger partial charge in [-0.1, -0.05) is 0 Å². The number of aromatic nitrogens is 1. The first-order valence-corrected chi connectivity index (χ1v) is 5.84. The zero-order chi connectivity index (χ0) is 15.8. The first-order valence-electron chi connectivity index (χ1n) is 5.84. The van der Waals surface area contributed by atoms with Gasteiger partial charge in [0.25, 0.3) is 0 Å². The van der Waals surface area contributed by atoms with Crippen molar-refractivity contribution in [2.75, 3.05) is 12.3 Å². The number of aryl methyl sites for hydroxylation is 1. The molecule has 0 saturated carbocycles. The fraction of sp³-hybridized carbons (Fsp3) is 0.308. The molecule has 0 spiro atoms. The molecular weight excluding hydrogens is 295 g/mol. The van der Waals surface area contributed by atoms with E-state index in [2.05, 4.69) is 9.72 Å². The Hall–Kier alpha value is -2.12. The van der Waals surface area contributed by atoms with Crippen LogP contribution in [0.1, 0.15) is 5.69 Å². The van der Waals surface area contributed by atoms with Crippen LogP contribution in [0.5, 0.6) is 5.75 Å². The van der Waals surface area contributed by atoms with E-state index in [1.165, 1.54) is 18.2 Å². The molecule has 0 radical (unpaired) electrons. The molecule has 2 N–H and O–H groups in total. The Morgan fingerprint density at radius 1 is 1.14 bits per heavy atom. The molecule has 2 aromatic rings. The van der Waals surface area contributed by atoms with E-state index in [1.54, 1.807) is 13.0 Å². The SMILES string of the molecule is Cc1cc(OCC(F)(F)C(F)(F)F)c2cc(N)ccc2n1. The minimum absolute atomic E-state index is 0.117. The summed E-state index contributed by atoms with van der Waals surface area (Å²) in [6.07, 6.45) is -5.66. The van der Waals surface area contributed by atoms with Crippen molar-refractivity contribution in [2.24, 2.45) is 0 Å². The van der Waals surface area contributed by atoms with E-state index in [4.69, 9.17) is 5.73 Å². The Morgan fingerprint density at radius 3 is 2.43 bits per heavy atom. The van der Waals surface area contributed by atoms with Gasteiger partial charge in [0.1, 0.15) is 5.75 Å². The van der Waals surface area contributed by atoms with Crippen LogP contribution < -0.4 is 10.5 Å². The number of anilines is 1. The van der Waals surface area contributed by atoms with Crippen molar-refractivity contribution in [2.45, 2.75) is 19.0 Å². The molecule has 1 aromatic carbocycles. The van der Waals surface area contributed by atoms with Crippen LogP contribution >= 0.6 is 0 Å². The van der Waals surface area contributed by atoms with Crippen LogP contribution in [-0.4, -0.2) is 23.7 Å². The zero-order valence-corrected chi connectivity index (χ0v) is 10.8. The summed E-state index contributed by atoms with van der Waals surface area (Å²) in [5.74, 6) is -5.05. The van der Waals surface area contributed by atoms with Gasteiger partial charge in [-0.15, -0.1) is 0 Å². The number of alkyl halides is 5. The third-order valence-corrected chi connectivity index (χ3v) is 2.75. The predicted molar refractivity (Wildman–Crippen MR) is 67.4 cm³/mol. The molecule has 0 saturated heterocycles. The highest BCUT2D eigenvalue weighted by molar-refractivity contribution is 5.87. The van der Waals surface area contributed by atoms with Crippen molar-refractivity contribution in [1.82, 2.24) is 4.98 Å². The molecule has 0 fully saturated rings. The molecule has 0 bridgehead atoms. The zero-order valence-electron chi connectivity index (χ0n) is 10.8. The topological polar surface area (TPSA) is 48.1 Å². The Morgan fingerprint density at radius 2 is 1.81 bits per heavy atom. The van der Waals surface area contributed by atoms with Crippen molar-refractivity contribution in [3.05, 3.63) is 30.0 Å². The number of fused-ring (bicyclic) bond motifs is 1. The quantitative estimate of drug-likeness (QED) is 0.695. The predicted octanol–water partition coefficient (Wildman–Crippen LogP) is 3.70. The number of ether oxygens (including phenoxy) is 1. The van der Waals surface area contributed by atoms with Gasteiger partial charge >= 0.3 is 12.1 Å². The second-order valence-electron chi connectivity index (χ2n) is 4.53. The summed E-state index contributed by atoms with van der Waals surface area (Å²) >= 11 is 0. The van der Waals surface area contributed by atoms with Gasteiger partial charge in [0.05, 0.1) is 5.52 Å². The standard InChI is InChI=1S/C13H11F5N2O/c1-7-4-11(21-6-12(14,15)13(16,17)18)9-5-8(19)2-3-10(9)20-7/h2-5H,6,19H2,1H3. The van der Waals surface area contributed by atoms with Crippen molar-refractivity contribution >= 4 is 16.6 Å². The van der Waals surface area contributed by atoms with E-state index in [0.29, 0.717) is 16.9 Å². The molecule has 1 aromatic heterocycles. The normalized spacial score (nSPS) is 12.7. The van der Waals surface area contributed by atoms with Gasteiger partial charge in [0.15, 0.2) is 6.61 Å². The lowest BCUT2D eigenvalue weighted by molar-refractivity contribution is -0.289. The van der Waals surface area contributed by atoms with Gasteiger partial charge in [-0.3, -0.25) is 4.98 Å². The van der Waals surface area contributed by atoms with Crippen LogP contribution in [0.4, 0.5) is 27.6 Å². The van der Waals surface area contributed by atoms with Crippen molar-refractivity contribution in [3.8, 4) is 5.75 Å². The van der Waals surface area contributed by atoms with Crippen molar-refractivity contribution in [1.29, 1.82) is 0 Å². The van der Waals surface area contributed by atoms with E-state index in [-0.39, 0.29) is 11.1 Å². The van der Waals surface area contributed by atoms with Crippen LogP contribution in [0.3, 0.4) is 0 Å². The van der Waals surface area contributed by atoms with E-state index < -0.39 is 18.7 Å². The summed E-state index contributed by atoms with van der Waals surface area (Å²) in [5, 5.41) is 0.276. The molecule has 0 aliphatic rings. The van der Waals surface area contributed by atoms with Crippen LogP contribution in [0.2, 0.25) is 0 Å². The molecule has 0 aliphatic carbocycles. The molecule has 114 valence electrons. The Bertz CT molecular complexity index is 669. The molecule has 1 heterocycles. The van der Waals surface area contributed by atoms with E-state index in [9.17, 15) is 22.0 Å². The summed E-state index contributed by atoms with van der Waals surface area (Å²) < 4.78 is 66.9. The first kappa shape index (κ1) is 15.3. The Kier molecular flexibility index (Phi) is 3.65. The van der Waals surface area contributed by atoms with Gasteiger partial charge in [-0.05, 0) is 25.1 Å². The molecule has 3 nitrogen and oxygen atoms in total. The largest absolute Gasteiger partial charge is 0.486 e. The van der Waals surface area contributed by atoms with Crippen LogP contribution in [0, 0.1) is 6.92 Å². The third kappa shape index (κ3) is 3.14. The number of rotatable bonds is 3. The average molecular weight is 306 g/mol. The monoisotopic (exact) mass is 306 g/mol. The highest BCUT2D eigenvalue weighted by Crippen LogP contribution is 2.36. The summed E-state index contributed by atoms with van der Waals surface area (Å²) in [6.45, 7) is -0.228. The Labute approximate surface area is 116 Å². The number of halogens is 5. The maximum Gasteiger partial charge on any atom is 0.456 e. The molecule has 2 rings (SSSR count). The highest BCUT2D eigenvalue weighted by Gasteiger charge is 2.58. The number of benzene rings is 1. The van der Waals surface area contributed by atoms with E-state index in [0.717, 1.165) is 0 Å². The molecule has 21 heavy (non-hydrogen) atoms. The number of pyridine rings is 1. The van der Waals surface area contributed by atoms with Crippen molar-refractivity contribution < 1.29 is 26.7 Å². The first-order chi connectivity index (χ1) is 9.60. The number of nitrogens with two attached hydrogens (primary N) is 1. The molecule has 0 unspecified atom stereocenters. The number of hydrogen-bond donors (Lipinski definition) is 1. The minimum atomic E-state index is -5.66. The van der Waals surface area contributed by atoms with Gasteiger partial charge in [-0.25, -0.2) is 0 Å². The van der Waals surface area contributed by atoms with Gasteiger partial charge in [0, 0.05) is 22.8 Å². The number of nitrogens with zero attached hydrogens (tertiary/aromatic N) is 1. The lowest BCUT2D eigenvalue weighted by Gasteiger charge is -2.20.